The highest BCUT2D eigenvalue weighted by atomic mass is 35.5. The third-order valence-corrected chi connectivity index (χ3v) is 6.22. The molecule has 4 aromatic rings. The first-order valence-electron chi connectivity index (χ1n) is 11.5. The van der Waals surface area contributed by atoms with Crippen LogP contribution in [0.5, 0.6) is 5.75 Å². The van der Waals surface area contributed by atoms with Crippen LogP contribution in [0.1, 0.15) is 0 Å². The maximum Gasteiger partial charge on any atom is 0.333 e. The number of pyridine rings is 1. The van der Waals surface area contributed by atoms with E-state index >= 15 is 0 Å². The molecule has 0 saturated heterocycles. The summed E-state index contributed by atoms with van der Waals surface area (Å²) in [5.41, 5.74) is 7.06. The molecule has 192 valence electrons. The number of rotatable bonds is 9. The number of hydrogen-bond donors (Lipinski definition) is 3. The van der Waals surface area contributed by atoms with Crippen LogP contribution in [-0.2, 0) is 0 Å². The summed E-state index contributed by atoms with van der Waals surface area (Å²) in [5, 5.41) is 3.32. The lowest BCUT2D eigenvalue weighted by atomic mass is 9.95. The first-order chi connectivity index (χ1) is 18.0. The molecule has 1 aromatic heterocycles. The first kappa shape index (κ1) is 26.5. The predicted octanol–water partition coefficient (Wildman–Crippen LogP) is 6.00. The number of benzene rings is 3. The summed E-state index contributed by atoms with van der Waals surface area (Å²) in [6, 6.07) is 18.8. The SMILES string of the molecule is COc1ccc(-c2cc(-c3cc(NC(=O)NN)ccc3N(CCCl)CCCl)c3cc(F)ccc3n2)cc1. The molecule has 1 heterocycles. The molecule has 3 aromatic carbocycles. The van der Waals surface area contributed by atoms with Crippen molar-refractivity contribution in [2.75, 3.05) is 42.2 Å². The number of anilines is 2. The van der Waals surface area contributed by atoms with Crippen LogP contribution in [0.2, 0.25) is 0 Å². The zero-order chi connectivity index (χ0) is 26.4. The highest BCUT2D eigenvalue weighted by Crippen LogP contribution is 2.39. The average molecular weight is 542 g/mol. The highest BCUT2D eigenvalue weighted by Gasteiger charge is 2.18. The lowest BCUT2D eigenvalue weighted by Crippen LogP contribution is -2.34. The second-order valence-corrected chi connectivity index (χ2v) is 8.90. The molecule has 10 heteroatoms. The Hall–Kier alpha value is -3.59. The van der Waals surface area contributed by atoms with Crippen molar-refractivity contribution in [3.05, 3.63) is 72.5 Å². The van der Waals surface area contributed by atoms with Crippen molar-refractivity contribution in [2.45, 2.75) is 0 Å². The molecule has 0 aliphatic rings. The van der Waals surface area contributed by atoms with Gasteiger partial charge in [-0.3, -0.25) is 5.43 Å². The van der Waals surface area contributed by atoms with Crippen molar-refractivity contribution in [3.8, 4) is 28.1 Å². The number of fused-ring (bicyclic) bond motifs is 1. The Morgan fingerprint density at radius 2 is 1.73 bits per heavy atom. The number of hydrazine groups is 1. The Kier molecular flexibility index (Phi) is 8.66. The Morgan fingerprint density at radius 3 is 2.38 bits per heavy atom. The van der Waals surface area contributed by atoms with E-state index in [1.54, 1.807) is 19.2 Å². The number of urea groups is 1. The lowest BCUT2D eigenvalue weighted by molar-refractivity contribution is 0.252. The summed E-state index contributed by atoms with van der Waals surface area (Å²) in [6.07, 6.45) is 0. The van der Waals surface area contributed by atoms with Gasteiger partial charge >= 0.3 is 6.03 Å². The average Bonchev–Trinajstić information content (AvgIpc) is 2.92. The van der Waals surface area contributed by atoms with Gasteiger partial charge in [0.1, 0.15) is 11.6 Å². The Morgan fingerprint density at radius 1 is 1.00 bits per heavy atom. The van der Waals surface area contributed by atoms with Gasteiger partial charge in [0.2, 0.25) is 0 Å². The Labute approximate surface area is 224 Å². The molecule has 0 bridgehead atoms. The third-order valence-electron chi connectivity index (χ3n) is 5.88. The van der Waals surface area contributed by atoms with Crippen LogP contribution in [0, 0.1) is 5.82 Å². The number of halogens is 3. The Balaban J connectivity index is 1.99. The first-order valence-corrected chi connectivity index (χ1v) is 12.6. The molecule has 4 N–H and O–H groups in total. The summed E-state index contributed by atoms with van der Waals surface area (Å²) >= 11 is 12.2. The van der Waals surface area contributed by atoms with Gasteiger partial charge in [-0.05, 0) is 72.3 Å². The van der Waals surface area contributed by atoms with Gasteiger partial charge in [-0.2, -0.15) is 0 Å². The van der Waals surface area contributed by atoms with Crippen LogP contribution in [-0.4, -0.2) is 43.0 Å². The molecule has 4 rings (SSSR count). The highest BCUT2D eigenvalue weighted by molar-refractivity contribution is 6.18. The number of alkyl halides is 2. The molecule has 0 aliphatic carbocycles. The van der Waals surface area contributed by atoms with Crippen molar-refractivity contribution < 1.29 is 13.9 Å². The summed E-state index contributed by atoms with van der Waals surface area (Å²) < 4.78 is 19.8. The van der Waals surface area contributed by atoms with E-state index in [9.17, 15) is 9.18 Å². The van der Waals surface area contributed by atoms with Crippen LogP contribution in [0.25, 0.3) is 33.3 Å². The van der Waals surface area contributed by atoms with E-state index in [4.69, 9.17) is 38.8 Å². The molecule has 0 unspecified atom stereocenters. The molecule has 7 nitrogen and oxygen atoms in total. The number of methoxy groups -OCH3 is 1. The van der Waals surface area contributed by atoms with Gasteiger partial charge < -0.3 is 15.0 Å². The molecular formula is C27H26Cl2FN5O2. The van der Waals surface area contributed by atoms with Crippen LogP contribution in [0.4, 0.5) is 20.6 Å². The van der Waals surface area contributed by atoms with E-state index < -0.39 is 6.03 Å². The van der Waals surface area contributed by atoms with Gasteiger partial charge in [0.05, 0.1) is 18.3 Å². The second-order valence-electron chi connectivity index (χ2n) is 8.14. The van der Waals surface area contributed by atoms with Gasteiger partial charge in [0.15, 0.2) is 0 Å². The molecule has 0 fully saturated rings. The van der Waals surface area contributed by atoms with E-state index in [2.05, 4.69) is 15.6 Å². The van der Waals surface area contributed by atoms with E-state index in [0.29, 0.717) is 47.1 Å². The van der Waals surface area contributed by atoms with Gasteiger partial charge in [0.25, 0.3) is 0 Å². The van der Waals surface area contributed by atoms with Crippen molar-refractivity contribution in [2.24, 2.45) is 5.84 Å². The smallest absolute Gasteiger partial charge is 0.333 e. The van der Waals surface area contributed by atoms with E-state index in [0.717, 1.165) is 28.1 Å². The monoisotopic (exact) mass is 541 g/mol. The summed E-state index contributed by atoms with van der Waals surface area (Å²) in [6.45, 7) is 1.08. The van der Waals surface area contributed by atoms with Crippen molar-refractivity contribution >= 4 is 51.5 Å². The van der Waals surface area contributed by atoms with Crippen molar-refractivity contribution in [1.82, 2.24) is 10.4 Å². The number of hydrogen-bond acceptors (Lipinski definition) is 5. The minimum Gasteiger partial charge on any atom is -0.497 e. The topological polar surface area (TPSA) is 92.5 Å². The molecule has 37 heavy (non-hydrogen) atoms. The fourth-order valence-electron chi connectivity index (χ4n) is 4.16. The summed E-state index contributed by atoms with van der Waals surface area (Å²) in [5.74, 6) is 6.37. The number of nitrogens with zero attached hydrogens (tertiary/aromatic N) is 2. The van der Waals surface area contributed by atoms with Crippen molar-refractivity contribution in [1.29, 1.82) is 0 Å². The lowest BCUT2D eigenvalue weighted by Gasteiger charge is -2.27. The van der Waals surface area contributed by atoms with Gasteiger partial charge in [-0.25, -0.2) is 20.0 Å². The van der Waals surface area contributed by atoms with Gasteiger partial charge in [0, 0.05) is 52.7 Å². The van der Waals surface area contributed by atoms with E-state index in [1.807, 2.05) is 42.5 Å². The quantitative estimate of drug-likeness (QED) is 0.105. The molecule has 0 atom stereocenters. The maximum atomic E-state index is 14.5. The molecule has 2 amide bonds. The number of carbonyl (C=O) groups is 1. The number of aromatic nitrogens is 1. The minimum absolute atomic E-state index is 0.384. The van der Waals surface area contributed by atoms with E-state index in [1.165, 1.54) is 12.1 Å². The minimum atomic E-state index is -0.568. The normalized spacial score (nSPS) is 10.8. The summed E-state index contributed by atoms with van der Waals surface area (Å²) in [4.78, 5) is 18.8. The van der Waals surface area contributed by atoms with Crippen LogP contribution in [0.15, 0.2) is 66.7 Å². The third kappa shape index (κ3) is 6.05. The number of amides is 2. The zero-order valence-electron chi connectivity index (χ0n) is 20.1. The second kappa shape index (κ2) is 12.1. The maximum absolute atomic E-state index is 14.5. The van der Waals surface area contributed by atoms with Crippen LogP contribution in [0.3, 0.4) is 0 Å². The molecular weight excluding hydrogens is 516 g/mol. The Bertz CT molecular complexity index is 1400. The van der Waals surface area contributed by atoms with E-state index in [-0.39, 0.29) is 5.82 Å². The van der Waals surface area contributed by atoms with Crippen molar-refractivity contribution in [3.63, 3.8) is 0 Å². The number of ether oxygens (including phenoxy) is 1. The van der Waals surface area contributed by atoms with Crippen LogP contribution < -0.4 is 26.2 Å². The molecule has 0 saturated carbocycles. The fourth-order valence-corrected chi connectivity index (χ4v) is 4.57. The predicted molar refractivity (Wildman–Crippen MR) is 149 cm³/mol. The largest absolute Gasteiger partial charge is 0.497 e. The number of nitrogens with two attached hydrogens (primary N) is 1. The standard InChI is InChI=1S/C27H26Cl2FN5O2/c1-37-20-6-2-17(3-7-20)25-16-21(22-14-18(30)4-8-24(22)33-25)23-15-19(32-27(36)34-31)5-9-26(23)35(12-10-28)13-11-29/h2-9,14-16H,10-13,31H2,1H3,(H2,32,34,36). The number of carbonyl (C=O) groups excluding carboxylic acids is 1. The molecule has 0 spiro atoms. The summed E-state index contributed by atoms with van der Waals surface area (Å²) in [7, 11) is 1.61. The van der Waals surface area contributed by atoms with Gasteiger partial charge in [-0.15, -0.1) is 23.2 Å². The van der Waals surface area contributed by atoms with Crippen LogP contribution >= 0.6 is 23.2 Å². The zero-order valence-corrected chi connectivity index (χ0v) is 21.6. The number of nitrogens with one attached hydrogen (secondary N) is 2. The van der Waals surface area contributed by atoms with Gasteiger partial charge in [-0.1, -0.05) is 0 Å². The molecule has 0 radical (unpaired) electrons. The fraction of sp³-hybridized carbons (Fsp3) is 0.185. The molecule has 0 aliphatic heterocycles.